The number of rotatable bonds is 4. The average molecular weight is 314 g/mol. The van der Waals surface area contributed by atoms with Crippen molar-refractivity contribution in [3.63, 3.8) is 0 Å². The molecule has 1 fully saturated rings. The van der Waals surface area contributed by atoms with Gasteiger partial charge in [-0.2, -0.15) is 24.9 Å². The molecule has 0 aromatic rings. The second-order valence-electron chi connectivity index (χ2n) is 4.75. The smallest absolute Gasteiger partial charge is 0.406 e. The molecule has 1 aliphatic rings. The molecule has 1 rings (SSSR count). The fourth-order valence-corrected chi connectivity index (χ4v) is 2.52. The Bertz CT molecular complexity index is 392. The van der Waals surface area contributed by atoms with E-state index in [9.17, 15) is 22.8 Å². The standard InChI is InChI=1S/C11H17F3N2O3S/c1-15(5-6-20-2)9(19)16-4-3-10(7-16,8(17)18)11(12,13)14/h3-7H2,1-2H3,(H,17,18). The van der Waals surface area contributed by atoms with Crippen LogP contribution in [0.1, 0.15) is 6.42 Å². The molecule has 1 unspecified atom stereocenters. The Hall–Kier alpha value is -1.12. The fraction of sp³-hybridized carbons (Fsp3) is 0.818. The van der Waals surface area contributed by atoms with Gasteiger partial charge in [0.15, 0.2) is 5.41 Å². The van der Waals surface area contributed by atoms with Crippen LogP contribution in [-0.4, -0.2) is 71.8 Å². The largest absolute Gasteiger partial charge is 0.481 e. The van der Waals surface area contributed by atoms with Gasteiger partial charge in [-0.25, -0.2) is 4.79 Å². The first-order valence-electron chi connectivity index (χ1n) is 5.95. The van der Waals surface area contributed by atoms with Gasteiger partial charge < -0.3 is 14.9 Å². The number of halogens is 3. The lowest BCUT2D eigenvalue weighted by molar-refractivity contribution is -0.227. The number of carboxylic acids is 1. The molecule has 1 atom stereocenters. The van der Waals surface area contributed by atoms with Crippen LogP contribution in [0.2, 0.25) is 0 Å². The molecule has 0 radical (unpaired) electrons. The summed E-state index contributed by atoms with van der Waals surface area (Å²) in [6.45, 7) is -0.620. The number of aliphatic carboxylic acids is 1. The van der Waals surface area contributed by atoms with Crippen LogP contribution in [0.25, 0.3) is 0 Å². The average Bonchev–Trinajstić information content (AvgIpc) is 2.80. The maximum absolute atomic E-state index is 13.0. The van der Waals surface area contributed by atoms with E-state index >= 15 is 0 Å². The molecule has 0 aliphatic carbocycles. The van der Waals surface area contributed by atoms with Gasteiger partial charge >= 0.3 is 18.2 Å². The van der Waals surface area contributed by atoms with Crippen molar-refractivity contribution in [2.45, 2.75) is 12.6 Å². The first kappa shape index (κ1) is 16.9. The molecule has 116 valence electrons. The van der Waals surface area contributed by atoms with Gasteiger partial charge in [0.25, 0.3) is 0 Å². The van der Waals surface area contributed by atoms with Crippen molar-refractivity contribution in [1.82, 2.24) is 9.80 Å². The van der Waals surface area contributed by atoms with Crippen molar-refractivity contribution < 1.29 is 27.9 Å². The molecule has 0 saturated carbocycles. The van der Waals surface area contributed by atoms with E-state index in [0.717, 1.165) is 4.90 Å². The highest BCUT2D eigenvalue weighted by atomic mass is 32.2. The Morgan fingerprint density at radius 1 is 1.45 bits per heavy atom. The summed E-state index contributed by atoms with van der Waals surface area (Å²) in [6.07, 6.45) is -3.62. The molecular formula is C11H17F3N2O3S. The number of hydrogen-bond acceptors (Lipinski definition) is 3. The number of carboxylic acid groups (broad SMARTS) is 1. The molecule has 5 nitrogen and oxygen atoms in total. The Kier molecular flexibility index (Phi) is 5.17. The third-order valence-corrected chi connectivity index (χ3v) is 4.04. The monoisotopic (exact) mass is 314 g/mol. The van der Waals surface area contributed by atoms with Gasteiger partial charge in [-0.3, -0.25) is 4.79 Å². The number of amides is 2. The van der Waals surface area contributed by atoms with Crippen molar-refractivity contribution in [3.05, 3.63) is 0 Å². The number of alkyl halides is 3. The molecular weight excluding hydrogens is 297 g/mol. The topological polar surface area (TPSA) is 60.9 Å². The summed E-state index contributed by atoms with van der Waals surface area (Å²) in [7, 11) is 1.49. The van der Waals surface area contributed by atoms with E-state index < -0.39 is 36.6 Å². The number of carbonyl (C=O) groups excluding carboxylic acids is 1. The minimum Gasteiger partial charge on any atom is -0.481 e. The second-order valence-corrected chi connectivity index (χ2v) is 5.74. The number of hydrogen-bond donors (Lipinski definition) is 1. The van der Waals surface area contributed by atoms with Gasteiger partial charge in [0.05, 0.1) is 0 Å². The Balaban J connectivity index is 2.79. The summed E-state index contributed by atoms with van der Waals surface area (Å²) in [6, 6.07) is -0.563. The number of carbonyl (C=O) groups is 2. The Labute approximate surface area is 119 Å². The van der Waals surface area contributed by atoms with E-state index in [0.29, 0.717) is 12.3 Å². The SMILES string of the molecule is CSCCN(C)C(=O)N1CCC(C(=O)O)(C(F)(F)F)C1. The van der Waals surface area contributed by atoms with E-state index in [-0.39, 0.29) is 6.54 Å². The quantitative estimate of drug-likeness (QED) is 0.859. The van der Waals surface area contributed by atoms with Crippen LogP contribution < -0.4 is 0 Å². The number of nitrogens with zero attached hydrogens (tertiary/aromatic N) is 2. The van der Waals surface area contributed by atoms with Crippen LogP contribution in [0.5, 0.6) is 0 Å². The molecule has 0 bridgehead atoms. The van der Waals surface area contributed by atoms with Crippen LogP contribution in [0.4, 0.5) is 18.0 Å². The summed E-state index contributed by atoms with van der Waals surface area (Å²) in [5.41, 5.74) is -2.84. The molecule has 0 spiro atoms. The number of urea groups is 1. The van der Waals surface area contributed by atoms with Crippen LogP contribution in [0, 0.1) is 5.41 Å². The van der Waals surface area contributed by atoms with Crippen molar-refractivity contribution in [2.75, 3.05) is 38.7 Å². The van der Waals surface area contributed by atoms with Gasteiger partial charge in [0, 0.05) is 32.4 Å². The van der Waals surface area contributed by atoms with Crippen molar-refractivity contribution in [3.8, 4) is 0 Å². The van der Waals surface area contributed by atoms with E-state index in [2.05, 4.69) is 0 Å². The van der Waals surface area contributed by atoms with Crippen molar-refractivity contribution >= 4 is 23.8 Å². The number of thioether (sulfide) groups is 1. The summed E-state index contributed by atoms with van der Waals surface area (Å²) < 4.78 is 38.9. The zero-order valence-corrected chi connectivity index (χ0v) is 12.1. The first-order valence-corrected chi connectivity index (χ1v) is 7.34. The lowest BCUT2D eigenvalue weighted by Crippen LogP contribution is -2.49. The van der Waals surface area contributed by atoms with Crippen LogP contribution in [0.3, 0.4) is 0 Å². The normalized spacial score (nSPS) is 22.9. The molecule has 20 heavy (non-hydrogen) atoms. The molecule has 1 N–H and O–H groups in total. The van der Waals surface area contributed by atoms with Crippen LogP contribution in [0.15, 0.2) is 0 Å². The van der Waals surface area contributed by atoms with Gasteiger partial charge in [-0.1, -0.05) is 0 Å². The van der Waals surface area contributed by atoms with Crippen LogP contribution in [-0.2, 0) is 4.79 Å². The zero-order valence-electron chi connectivity index (χ0n) is 11.2. The van der Waals surface area contributed by atoms with E-state index in [1.807, 2.05) is 6.26 Å². The summed E-state index contributed by atoms with van der Waals surface area (Å²) in [5, 5.41) is 8.90. The van der Waals surface area contributed by atoms with Crippen molar-refractivity contribution in [2.24, 2.45) is 5.41 Å². The summed E-state index contributed by atoms with van der Waals surface area (Å²) in [4.78, 5) is 25.2. The van der Waals surface area contributed by atoms with Crippen molar-refractivity contribution in [1.29, 1.82) is 0 Å². The fourth-order valence-electron chi connectivity index (χ4n) is 2.07. The predicted molar refractivity (Wildman–Crippen MR) is 68.7 cm³/mol. The zero-order chi connectivity index (χ0) is 15.6. The maximum atomic E-state index is 13.0. The second kappa shape index (κ2) is 6.11. The highest BCUT2D eigenvalue weighted by molar-refractivity contribution is 7.98. The molecule has 0 aromatic heterocycles. The highest BCUT2D eigenvalue weighted by Gasteiger charge is 2.64. The van der Waals surface area contributed by atoms with Gasteiger partial charge in [-0.05, 0) is 12.7 Å². The molecule has 1 aliphatic heterocycles. The van der Waals surface area contributed by atoms with E-state index in [4.69, 9.17) is 5.11 Å². The lowest BCUT2D eigenvalue weighted by atomic mass is 9.86. The maximum Gasteiger partial charge on any atom is 0.406 e. The first-order chi connectivity index (χ1) is 9.15. The lowest BCUT2D eigenvalue weighted by Gasteiger charge is -2.29. The Morgan fingerprint density at radius 3 is 2.45 bits per heavy atom. The third kappa shape index (κ3) is 3.13. The van der Waals surface area contributed by atoms with Gasteiger partial charge in [0.1, 0.15) is 0 Å². The van der Waals surface area contributed by atoms with Crippen LogP contribution >= 0.6 is 11.8 Å². The minimum atomic E-state index is -4.87. The molecule has 0 aromatic carbocycles. The minimum absolute atomic E-state index is 0.200. The molecule has 9 heteroatoms. The van der Waals surface area contributed by atoms with Gasteiger partial charge in [0.2, 0.25) is 0 Å². The van der Waals surface area contributed by atoms with E-state index in [1.165, 1.54) is 23.7 Å². The van der Waals surface area contributed by atoms with Gasteiger partial charge in [-0.15, -0.1) is 0 Å². The third-order valence-electron chi connectivity index (χ3n) is 3.45. The molecule has 1 saturated heterocycles. The van der Waals surface area contributed by atoms with E-state index in [1.54, 1.807) is 0 Å². The highest BCUT2D eigenvalue weighted by Crippen LogP contribution is 2.45. The summed E-state index contributed by atoms with van der Waals surface area (Å²) in [5.74, 6) is -1.26. The summed E-state index contributed by atoms with van der Waals surface area (Å²) >= 11 is 1.51. The molecule has 2 amide bonds. The molecule has 1 heterocycles. The predicted octanol–water partition coefficient (Wildman–Crippen LogP) is 1.74. The number of likely N-dealkylation sites (tertiary alicyclic amines) is 1. The Morgan fingerprint density at radius 2 is 2.05 bits per heavy atom.